The van der Waals surface area contributed by atoms with Gasteiger partial charge >= 0.3 is 0 Å². The topological polar surface area (TPSA) is 12.4 Å². The largest absolute Gasteiger partial charge is 0.257 e. The van der Waals surface area contributed by atoms with Gasteiger partial charge in [-0.05, 0) is 29.6 Å². The molecule has 0 saturated heterocycles. The van der Waals surface area contributed by atoms with Crippen molar-refractivity contribution in [2.45, 2.75) is 22.9 Å². The number of nitrogens with zero attached hydrogens (tertiary/aromatic N) is 1. The molecule has 20 heavy (non-hydrogen) atoms. The van der Waals surface area contributed by atoms with Gasteiger partial charge in [-0.25, -0.2) is 0 Å². The number of thioether (sulfide) groups is 1. The van der Waals surface area contributed by atoms with Gasteiger partial charge in [-0.1, -0.05) is 49.5 Å². The van der Waals surface area contributed by atoms with Gasteiger partial charge in [0.25, 0.3) is 0 Å². The highest BCUT2D eigenvalue weighted by molar-refractivity contribution is 8.00. The van der Waals surface area contributed by atoms with Crippen LogP contribution in [0.1, 0.15) is 25.2 Å². The Morgan fingerprint density at radius 1 is 1.45 bits per heavy atom. The van der Waals surface area contributed by atoms with Crippen LogP contribution >= 0.6 is 11.8 Å². The van der Waals surface area contributed by atoms with E-state index in [9.17, 15) is 0 Å². The predicted molar refractivity (Wildman–Crippen MR) is 88.5 cm³/mol. The van der Waals surface area contributed by atoms with Crippen LogP contribution in [-0.2, 0) is 0 Å². The van der Waals surface area contributed by atoms with Crippen molar-refractivity contribution in [3.05, 3.63) is 78.0 Å². The van der Waals surface area contributed by atoms with E-state index in [2.05, 4.69) is 23.2 Å². The van der Waals surface area contributed by atoms with Crippen LogP contribution < -0.4 is 0 Å². The molecule has 0 radical (unpaired) electrons. The zero-order valence-corrected chi connectivity index (χ0v) is 11.6. The second-order valence-electron chi connectivity index (χ2n) is 4.71. The van der Waals surface area contributed by atoms with Crippen molar-refractivity contribution in [3.8, 4) is 0 Å². The lowest BCUT2D eigenvalue weighted by molar-refractivity contribution is 0.846. The quantitative estimate of drug-likeness (QED) is 0.719. The Morgan fingerprint density at radius 3 is 3.25 bits per heavy atom. The van der Waals surface area contributed by atoms with Crippen molar-refractivity contribution in [2.24, 2.45) is 4.99 Å². The third kappa shape index (κ3) is 2.32. The maximum absolute atomic E-state index is 7.71. The van der Waals surface area contributed by atoms with E-state index >= 15 is 0 Å². The minimum atomic E-state index is -2.39. The number of allylic oxidation sites excluding steroid dienone is 5. The summed E-state index contributed by atoms with van der Waals surface area (Å²) in [6, 6.07) is 8.24. The molecular formula is C18H17NS. The lowest BCUT2D eigenvalue weighted by atomic mass is 9.87. The van der Waals surface area contributed by atoms with Crippen molar-refractivity contribution in [2.75, 3.05) is 0 Å². The molecule has 0 N–H and O–H groups in total. The van der Waals surface area contributed by atoms with Crippen LogP contribution in [0.3, 0.4) is 0 Å². The van der Waals surface area contributed by atoms with Crippen LogP contribution in [0.5, 0.6) is 0 Å². The Morgan fingerprint density at radius 2 is 2.40 bits per heavy atom. The molecule has 3 rings (SSSR count). The van der Waals surface area contributed by atoms with Gasteiger partial charge in [-0.15, -0.1) is 11.8 Å². The predicted octanol–water partition coefficient (Wildman–Crippen LogP) is 4.90. The Balaban J connectivity index is 1.89. The summed E-state index contributed by atoms with van der Waals surface area (Å²) in [5, 5.41) is 0.118. The van der Waals surface area contributed by atoms with E-state index in [-0.39, 0.29) is 16.7 Å². The molecule has 0 spiro atoms. The summed E-state index contributed by atoms with van der Waals surface area (Å²) in [4.78, 5) is 5.43. The molecule has 2 aliphatic rings. The summed E-state index contributed by atoms with van der Waals surface area (Å²) in [5.41, 5.74) is 2.43. The summed E-state index contributed by atoms with van der Waals surface area (Å²) in [5.74, 6) is 0.222. The Kier molecular flexibility index (Phi) is 2.24. The zero-order valence-electron chi connectivity index (χ0n) is 15.8. The van der Waals surface area contributed by atoms with Gasteiger partial charge in [0.2, 0.25) is 0 Å². The summed E-state index contributed by atoms with van der Waals surface area (Å²) < 4.78 is 37.2. The first-order chi connectivity index (χ1) is 12.0. The van der Waals surface area contributed by atoms with Crippen molar-refractivity contribution in [3.63, 3.8) is 0 Å². The van der Waals surface area contributed by atoms with Crippen LogP contribution in [0, 0.1) is 0 Å². The normalized spacial score (nSPS) is 29.8. The summed E-state index contributed by atoms with van der Waals surface area (Å²) >= 11 is 1.74. The van der Waals surface area contributed by atoms with Gasteiger partial charge < -0.3 is 0 Å². The smallest absolute Gasteiger partial charge is 0.0601 e. The van der Waals surface area contributed by atoms with Gasteiger partial charge in [-0.3, -0.25) is 4.99 Å². The summed E-state index contributed by atoms with van der Waals surface area (Å²) in [6.45, 7) is -0.459. The third-order valence-electron chi connectivity index (χ3n) is 3.40. The van der Waals surface area contributed by atoms with Crippen LogP contribution in [-0.4, -0.2) is 11.5 Å². The van der Waals surface area contributed by atoms with Crippen LogP contribution in [0.15, 0.2) is 82.3 Å². The van der Waals surface area contributed by atoms with Gasteiger partial charge in [0.05, 0.1) is 8.44 Å². The average Bonchev–Trinajstić information content (AvgIpc) is 2.97. The number of rotatable bonds is 3. The molecule has 1 nitrogen and oxygen atoms in total. The van der Waals surface area contributed by atoms with Gasteiger partial charge in [0.15, 0.2) is 0 Å². The molecule has 100 valence electrons. The highest BCUT2D eigenvalue weighted by Crippen LogP contribution is 2.51. The van der Waals surface area contributed by atoms with Gasteiger partial charge in [-0.2, -0.15) is 0 Å². The number of benzene rings is 1. The first-order valence-corrected chi connectivity index (χ1v) is 7.19. The van der Waals surface area contributed by atoms with Crippen LogP contribution in [0.4, 0.5) is 0 Å². The highest BCUT2D eigenvalue weighted by Gasteiger charge is 2.35. The molecule has 1 aliphatic heterocycles. The monoisotopic (exact) mass is 284 g/mol. The summed E-state index contributed by atoms with van der Waals surface area (Å²) in [7, 11) is 0. The lowest BCUT2D eigenvalue weighted by Crippen LogP contribution is -2.14. The SMILES string of the molecule is [2H]C=C(N=CC(=C[2H])C([2H])([2H])[2H])C1=CC=CC2c3ccccc3SC12. The minimum Gasteiger partial charge on any atom is -0.257 e. The standard InChI is InChI=1S/C18H17NS/c1-12(2)11-19-13(3)14-8-6-9-16-15-7-4-5-10-17(15)20-18(14)16/h4-11,16,18H,1,3H2,2H3/i1D,2D3,3D. The molecule has 1 aliphatic carbocycles. The molecule has 2 heteroatoms. The Bertz CT molecular complexity index is 817. The first kappa shape index (κ1) is 8.48. The van der Waals surface area contributed by atoms with E-state index < -0.39 is 6.85 Å². The maximum atomic E-state index is 7.71. The van der Waals surface area contributed by atoms with E-state index in [4.69, 9.17) is 6.85 Å². The summed E-state index contributed by atoms with van der Waals surface area (Å²) in [6.07, 6.45) is 7.21. The number of hydrogen-bond acceptors (Lipinski definition) is 2. The van der Waals surface area contributed by atoms with E-state index in [1.54, 1.807) is 11.8 Å². The van der Waals surface area contributed by atoms with Crippen LogP contribution in [0.2, 0.25) is 0 Å². The number of aliphatic imine (C=N–C) groups is 1. The fourth-order valence-corrected chi connectivity index (χ4v) is 4.00. The minimum absolute atomic E-state index is 0.118. The van der Waals surface area contributed by atoms with E-state index in [1.807, 2.05) is 24.3 Å². The fourth-order valence-electron chi connectivity index (χ4n) is 2.52. The molecule has 1 heterocycles. The molecule has 1 aromatic carbocycles. The Hall–Kier alpha value is -1.80. The number of hydrogen-bond donors (Lipinski definition) is 0. The average molecular weight is 284 g/mol. The molecule has 0 aromatic heterocycles. The van der Waals surface area contributed by atoms with Crippen LogP contribution in [0.25, 0.3) is 0 Å². The first-order valence-electron chi connectivity index (χ1n) is 8.97. The maximum Gasteiger partial charge on any atom is 0.0601 e. The van der Waals surface area contributed by atoms with Crippen molar-refractivity contribution in [1.82, 2.24) is 0 Å². The molecule has 0 saturated carbocycles. The third-order valence-corrected chi connectivity index (χ3v) is 4.82. The Labute approximate surface area is 131 Å². The highest BCUT2D eigenvalue weighted by atomic mass is 32.2. The molecule has 1 aromatic rings. The lowest BCUT2D eigenvalue weighted by Gasteiger charge is -2.22. The van der Waals surface area contributed by atoms with Crippen molar-refractivity contribution < 1.29 is 6.85 Å². The fraction of sp³-hybridized carbons (Fsp3) is 0.167. The van der Waals surface area contributed by atoms with E-state index in [0.717, 1.165) is 18.7 Å². The molecular weight excluding hydrogens is 262 g/mol. The van der Waals surface area contributed by atoms with Gasteiger partial charge in [0.1, 0.15) is 0 Å². The van der Waals surface area contributed by atoms with Crippen molar-refractivity contribution >= 4 is 18.0 Å². The number of fused-ring (bicyclic) bond motifs is 3. The van der Waals surface area contributed by atoms with Gasteiger partial charge in [0, 0.05) is 26.4 Å². The molecule has 0 amide bonds. The van der Waals surface area contributed by atoms with Crippen molar-refractivity contribution in [1.29, 1.82) is 0 Å². The second kappa shape index (κ2) is 5.29. The zero-order chi connectivity index (χ0) is 18.0. The second-order valence-corrected chi connectivity index (χ2v) is 5.89. The van der Waals surface area contributed by atoms with E-state index in [1.165, 1.54) is 16.7 Å². The molecule has 2 atom stereocenters. The molecule has 0 bridgehead atoms. The molecule has 2 unspecified atom stereocenters. The molecule has 0 fully saturated rings. The van der Waals surface area contributed by atoms with E-state index in [0.29, 0.717) is 5.70 Å².